The molecule has 2 aromatic rings. The Labute approximate surface area is 130 Å². The second-order valence-corrected chi connectivity index (χ2v) is 5.30. The average Bonchev–Trinajstić information content (AvgIpc) is 2.49. The SMILES string of the molecule is C/C(=N/O)c1cccc(NC(=O)c2cc(Br)ccc2O)c1. The predicted molar refractivity (Wildman–Crippen MR) is 84.2 cm³/mol. The Balaban J connectivity index is 2.26. The van der Waals surface area contributed by atoms with Crippen molar-refractivity contribution in [2.75, 3.05) is 5.32 Å². The summed E-state index contributed by atoms with van der Waals surface area (Å²) in [7, 11) is 0. The van der Waals surface area contributed by atoms with Gasteiger partial charge in [0.05, 0.1) is 11.3 Å². The lowest BCUT2D eigenvalue weighted by Gasteiger charge is -2.08. The third kappa shape index (κ3) is 3.61. The molecule has 108 valence electrons. The minimum Gasteiger partial charge on any atom is -0.507 e. The van der Waals surface area contributed by atoms with Crippen LogP contribution in [0.15, 0.2) is 52.1 Å². The molecule has 0 saturated heterocycles. The van der Waals surface area contributed by atoms with Crippen LogP contribution >= 0.6 is 15.9 Å². The van der Waals surface area contributed by atoms with Crippen LogP contribution in [0, 0.1) is 0 Å². The summed E-state index contributed by atoms with van der Waals surface area (Å²) in [6, 6.07) is 11.5. The lowest BCUT2D eigenvalue weighted by molar-refractivity contribution is 0.102. The number of hydrogen-bond acceptors (Lipinski definition) is 4. The van der Waals surface area contributed by atoms with Crippen molar-refractivity contribution >= 4 is 33.2 Å². The fourth-order valence-electron chi connectivity index (χ4n) is 1.77. The molecule has 2 rings (SSSR count). The maximum Gasteiger partial charge on any atom is 0.259 e. The number of nitrogens with one attached hydrogen (secondary N) is 1. The third-order valence-electron chi connectivity index (χ3n) is 2.89. The number of carbonyl (C=O) groups excluding carboxylic acids is 1. The zero-order chi connectivity index (χ0) is 15.4. The number of rotatable bonds is 3. The highest BCUT2D eigenvalue weighted by Crippen LogP contribution is 2.23. The number of nitrogens with zero attached hydrogens (tertiary/aromatic N) is 1. The van der Waals surface area contributed by atoms with Crippen molar-refractivity contribution in [2.45, 2.75) is 6.92 Å². The van der Waals surface area contributed by atoms with Crippen molar-refractivity contribution in [1.29, 1.82) is 0 Å². The Morgan fingerprint density at radius 3 is 2.71 bits per heavy atom. The molecule has 0 heterocycles. The van der Waals surface area contributed by atoms with Crippen LogP contribution < -0.4 is 5.32 Å². The molecule has 0 aromatic heterocycles. The molecule has 0 saturated carbocycles. The van der Waals surface area contributed by atoms with Crippen molar-refractivity contribution in [3.8, 4) is 5.75 Å². The average molecular weight is 349 g/mol. The second kappa shape index (κ2) is 6.41. The zero-order valence-corrected chi connectivity index (χ0v) is 12.8. The van der Waals surface area contributed by atoms with E-state index in [1.807, 2.05) is 0 Å². The molecule has 2 aromatic carbocycles. The molecule has 21 heavy (non-hydrogen) atoms. The van der Waals surface area contributed by atoms with Crippen LogP contribution in [0.25, 0.3) is 0 Å². The van der Waals surface area contributed by atoms with E-state index in [0.717, 1.165) is 0 Å². The van der Waals surface area contributed by atoms with Gasteiger partial charge in [-0.2, -0.15) is 0 Å². The van der Waals surface area contributed by atoms with Crippen LogP contribution in [0.5, 0.6) is 5.75 Å². The molecule has 5 nitrogen and oxygen atoms in total. The fraction of sp³-hybridized carbons (Fsp3) is 0.0667. The number of phenols is 1. The summed E-state index contributed by atoms with van der Waals surface area (Å²) in [4.78, 5) is 12.2. The highest BCUT2D eigenvalue weighted by Gasteiger charge is 2.12. The maximum atomic E-state index is 12.2. The molecule has 3 N–H and O–H groups in total. The van der Waals surface area contributed by atoms with Crippen LogP contribution in [0.4, 0.5) is 5.69 Å². The van der Waals surface area contributed by atoms with Gasteiger partial charge in [0, 0.05) is 15.7 Å². The largest absolute Gasteiger partial charge is 0.507 e. The fourth-order valence-corrected chi connectivity index (χ4v) is 2.13. The lowest BCUT2D eigenvalue weighted by atomic mass is 10.1. The van der Waals surface area contributed by atoms with Crippen molar-refractivity contribution in [1.82, 2.24) is 0 Å². The van der Waals surface area contributed by atoms with Gasteiger partial charge in [0.25, 0.3) is 5.91 Å². The number of benzene rings is 2. The van der Waals surface area contributed by atoms with Gasteiger partial charge in [-0.15, -0.1) is 0 Å². The van der Waals surface area contributed by atoms with Gasteiger partial charge in [-0.1, -0.05) is 33.2 Å². The van der Waals surface area contributed by atoms with Crippen LogP contribution in [0.1, 0.15) is 22.8 Å². The number of aromatic hydroxyl groups is 1. The molecule has 0 spiro atoms. The number of hydrogen-bond donors (Lipinski definition) is 3. The number of amides is 1. The lowest BCUT2D eigenvalue weighted by Crippen LogP contribution is -2.12. The molecule has 0 bridgehead atoms. The molecule has 0 aliphatic carbocycles. The van der Waals surface area contributed by atoms with E-state index in [0.29, 0.717) is 21.4 Å². The summed E-state index contributed by atoms with van der Waals surface area (Å²) >= 11 is 3.26. The van der Waals surface area contributed by atoms with E-state index in [4.69, 9.17) is 5.21 Å². The highest BCUT2D eigenvalue weighted by molar-refractivity contribution is 9.10. The second-order valence-electron chi connectivity index (χ2n) is 4.38. The van der Waals surface area contributed by atoms with E-state index in [1.54, 1.807) is 37.3 Å². The van der Waals surface area contributed by atoms with Gasteiger partial charge in [0.2, 0.25) is 0 Å². The van der Waals surface area contributed by atoms with Gasteiger partial charge < -0.3 is 15.6 Å². The number of anilines is 1. The Morgan fingerprint density at radius 2 is 2.00 bits per heavy atom. The summed E-state index contributed by atoms with van der Waals surface area (Å²) < 4.78 is 0.697. The van der Waals surface area contributed by atoms with E-state index in [-0.39, 0.29) is 11.3 Å². The van der Waals surface area contributed by atoms with Gasteiger partial charge in [-0.25, -0.2) is 0 Å². The predicted octanol–water partition coefficient (Wildman–Crippen LogP) is 3.61. The third-order valence-corrected chi connectivity index (χ3v) is 3.38. The highest BCUT2D eigenvalue weighted by atomic mass is 79.9. The molecular formula is C15H13BrN2O3. The number of halogens is 1. The molecular weight excluding hydrogens is 336 g/mol. The maximum absolute atomic E-state index is 12.2. The van der Waals surface area contributed by atoms with E-state index < -0.39 is 5.91 Å². The zero-order valence-electron chi connectivity index (χ0n) is 11.2. The minimum absolute atomic E-state index is 0.0973. The monoisotopic (exact) mass is 348 g/mol. The first kappa shape index (κ1) is 15.1. The van der Waals surface area contributed by atoms with E-state index in [2.05, 4.69) is 26.4 Å². The summed E-state index contributed by atoms with van der Waals surface area (Å²) in [5, 5.41) is 24.3. The molecule has 0 unspecified atom stereocenters. The van der Waals surface area contributed by atoms with Crippen LogP contribution in [0.3, 0.4) is 0 Å². The first-order valence-corrected chi connectivity index (χ1v) is 6.89. The molecule has 0 radical (unpaired) electrons. The van der Waals surface area contributed by atoms with Gasteiger partial charge >= 0.3 is 0 Å². The van der Waals surface area contributed by atoms with Crippen molar-refractivity contribution < 1.29 is 15.1 Å². The minimum atomic E-state index is -0.426. The smallest absolute Gasteiger partial charge is 0.259 e. The van der Waals surface area contributed by atoms with Crippen molar-refractivity contribution in [2.24, 2.45) is 5.16 Å². The first-order valence-electron chi connectivity index (χ1n) is 6.10. The first-order chi connectivity index (χ1) is 10.0. The Kier molecular flexibility index (Phi) is 4.59. The summed E-state index contributed by atoms with van der Waals surface area (Å²) in [5.74, 6) is -0.524. The number of oxime groups is 1. The summed E-state index contributed by atoms with van der Waals surface area (Å²) in [5.41, 5.74) is 1.84. The number of carbonyl (C=O) groups is 1. The summed E-state index contributed by atoms with van der Waals surface area (Å²) in [6.45, 7) is 1.65. The van der Waals surface area contributed by atoms with Gasteiger partial charge in [0.15, 0.2) is 0 Å². The standard InChI is InChI=1S/C15H13BrN2O3/c1-9(18-21)10-3-2-4-12(7-10)17-15(20)13-8-11(16)5-6-14(13)19/h2-8,19,21H,1H3,(H,17,20)/b18-9-. The topological polar surface area (TPSA) is 81.9 Å². The molecule has 0 atom stereocenters. The normalized spacial score (nSPS) is 11.2. The quantitative estimate of drug-likeness (QED) is 0.450. The molecule has 6 heteroatoms. The summed E-state index contributed by atoms with van der Waals surface area (Å²) in [6.07, 6.45) is 0. The van der Waals surface area contributed by atoms with E-state index >= 15 is 0 Å². The Bertz CT molecular complexity index is 714. The molecule has 0 aliphatic rings. The molecule has 0 aliphatic heterocycles. The molecule has 1 amide bonds. The Morgan fingerprint density at radius 1 is 1.24 bits per heavy atom. The number of phenolic OH excluding ortho intramolecular Hbond substituents is 1. The van der Waals surface area contributed by atoms with E-state index in [9.17, 15) is 9.90 Å². The van der Waals surface area contributed by atoms with Gasteiger partial charge in [0.1, 0.15) is 5.75 Å². The van der Waals surface area contributed by atoms with Gasteiger partial charge in [-0.3, -0.25) is 4.79 Å². The van der Waals surface area contributed by atoms with Gasteiger partial charge in [-0.05, 0) is 37.3 Å². The van der Waals surface area contributed by atoms with Crippen LogP contribution in [-0.2, 0) is 0 Å². The Hall–Kier alpha value is -2.34. The van der Waals surface area contributed by atoms with Crippen LogP contribution in [-0.4, -0.2) is 21.9 Å². The van der Waals surface area contributed by atoms with Crippen LogP contribution in [0.2, 0.25) is 0 Å². The molecule has 0 fully saturated rings. The van der Waals surface area contributed by atoms with Crippen molar-refractivity contribution in [3.05, 3.63) is 58.1 Å². The van der Waals surface area contributed by atoms with E-state index in [1.165, 1.54) is 12.1 Å². The van der Waals surface area contributed by atoms with Crippen molar-refractivity contribution in [3.63, 3.8) is 0 Å².